The van der Waals surface area contributed by atoms with Crippen molar-refractivity contribution < 1.29 is 37.5 Å². The molecule has 22 heavy (non-hydrogen) atoms. The topological polar surface area (TPSA) is 74.8 Å². The number of hydrogen-bond acceptors (Lipinski definition) is 3. The van der Waals surface area contributed by atoms with Crippen molar-refractivity contribution in [3.05, 3.63) is 63.9 Å². The van der Waals surface area contributed by atoms with Gasteiger partial charge in [0.2, 0.25) is 0 Å². The van der Waals surface area contributed by atoms with Crippen LogP contribution >= 0.6 is 0 Å². The fourth-order valence-electron chi connectivity index (χ4n) is 2.62. The van der Waals surface area contributed by atoms with Crippen molar-refractivity contribution in [2.75, 3.05) is 0 Å². The summed E-state index contributed by atoms with van der Waals surface area (Å²) >= 11 is 0. The summed E-state index contributed by atoms with van der Waals surface area (Å²) in [6, 6.07) is 13.7. The van der Waals surface area contributed by atoms with Crippen molar-refractivity contribution in [3.8, 4) is 11.3 Å². The van der Waals surface area contributed by atoms with Crippen LogP contribution in [0.2, 0.25) is 0 Å². The molecule has 0 unspecified atom stereocenters. The van der Waals surface area contributed by atoms with E-state index in [9.17, 15) is 9.59 Å². The van der Waals surface area contributed by atoms with Crippen LogP contribution in [0.1, 0.15) is 15.9 Å². The average molecular weight is 365 g/mol. The van der Waals surface area contributed by atoms with E-state index in [1.165, 1.54) is 0 Å². The van der Waals surface area contributed by atoms with Crippen molar-refractivity contribution >= 4 is 16.9 Å². The van der Waals surface area contributed by atoms with Gasteiger partial charge in [-0.25, -0.2) is 0 Å². The minimum absolute atomic E-state index is 0. The number of carbonyl (C=O) groups is 1. The fourth-order valence-corrected chi connectivity index (χ4v) is 2.62. The van der Waals surface area contributed by atoms with Crippen molar-refractivity contribution in [2.45, 2.75) is 6.54 Å². The van der Waals surface area contributed by atoms with Gasteiger partial charge in [-0.3, -0.25) is 14.6 Å². The third-order valence-electron chi connectivity index (χ3n) is 3.62. The minimum Gasteiger partial charge on any atom is -0.372 e. The number of para-hydroxylation sites is 1. The number of carbonyl (C=O) groups excluding carboxylic acids is 1. The van der Waals surface area contributed by atoms with Gasteiger partial charge in [0.15, 0.2) is 0 Å². The predicted octanol–water partition coefficient (Wildman–Crippen LogP) is 1.63. The molecule has 0 saturated heterocycles. The molecule has 0 atom stereocenters. The van der Waals surface area contributed by atoms with Gasteiger partial charge in [-0.15, -0.1) is 6.07 Å². The molecule has 1 radical (unpaired) electrons. The number of benzene rings is 2. The van der Waals surface area contributed by atoms with Gasteiger partial charge < -0.3 is 10.3 Å². The van der Waals surface area contributed by atoms with Gasteiger partial charge in [0, 0.05) is 50.4 Å². The van der Waals surface area contributed by atoms with E-state index in [-0.39, 0.29) is 44.2 Å². The van der Waals surface area contributed by atoms with E-state index >= 15 is 0 Å². The zero-order valence-electron chi connectivity index (χ0n) is 11.5. The smallest absolute Gasteiger partial charge is 0.264 e. The maximum Gasteiger partial charge on any atom is 0.264 e. The van der Waals surface area contributed by atoms with Crippen LogP contribution in [0.3, 0.4) is 0 Å². The molecule has 1 aromatic heterocycles. The van der Waals surface area contributed by atoms with E-state index in [0.717, 1.165) is 5.56 Å². The molecule has 0 aliphatic carbocycles. The number of fused-ring (bicyclic) bond motifs is 2. The van der Waals surface area contributed by atoms with Crippen LogP contribution in [0, 0.1) is 6.07 Å². The molecule has 2 heterocycles. The Kier molecular flexibility index (Phi) is 3.93. The summed E-state index contributed by atoms with van der Waals surface area (Å²) in [5, 5.41) is 2.76. The molecule has 2 N–H and O–H groups in total. The standard InChI is InChI=1S/C16H10N3O2.Y/c20-15-10-5-3-4-9(11(10)8-17-15)14-16(21)19-13-7-2-1-6-12(13)18-14;/h1-5,7H,8H2,(H,17,20)(H,19,21);/q-1;. The van der Waals surface area contributed by atoms with E-state index in [4.69, 9.17) is 0 Å². The SMILES string of the molecule is O=C1NCc2c1cccc2-c1nc2[c-]cccc2[nH]c1=O.[Y]. The Morgan fingerprint density at radius 2 is 1.91 bits per heavy atom. The van der Waals surface area contributed by atoms with Gasteiger partial charge in [0.1, 0.15) is 5.69 Å². The second-order valence-electron chi connectivity index (χ2n) is 4.86. The van der Waals surface area contributed by atoms with Gasteiger partial charge in [0.25, 0.3) is 11.5 Å². The molecular formula is C16H10N3O2Y-. The Morgan fingerprint density at radius 1 is 1.09 bits per heavy atom. The number of aromatic nitrogens is 2. The number of rotatable bonds is 1. The van der Waals surface area contributed by atoms with Crippen LogP contribution in [-0.4, -0.2) is 15.9 Å². The van der Waals surface area contributed by atoms with Crippen molar-refractivity contribution in [1.82, 2.24) is 15.3 Å². The maximum absolute atomic E-state index is 12.3. The fraction of sp³-hybridized carbons (Fsp3) is 0.0625. The van der Waals surface area contributed by atoms with Crippen molar-refractivity contribution in [1.29, 1.82) is 0 Å². The molecule has 105 valence electrons. The van der Waals surface area contributed by atoms with E-state index in [1.54, 1.807) is 30.3 Å². The maximum atomic E-state index is 12.3. The molecule has 5 nitrogen and oxygen atoms in total. The molecular weight excluding hydrogens is 355 g/mol. The number of amides is 1. The number of nitrogens with zero attached hydrogens (tertiary/aromatic N) is 1. The molecule has 0 spiro atoms. The van der Waals surface area contributed by atoms with Gasteiger partial charge in [-0.2, -0.15) is 18.2 Å². The van der Waals surface area contributed by atoms with Gasteiger partial charge in [0.05, 0.1) is 0 Å². The van der Waals surface area contributed by atoms with Crippen molar-refractivity contribution in [3.63, 3.8) is 0 Å². The van der Waals surface area contributed by atoms with Gasteiger partial charge in [-0.1, -0.05) is 12.1 Å². The molecule has 0 bridgehead atoms. The Morgan fingerprint density at radius 3 is 2.77 bits per heavy atom. The normalized spacial score (nSPS) is 12.6. The number of H-pyrrole nitrogens is 1. The zero-order chi connectivity index (χ0) is 14.4. The summed E-state index contributed by atoms with van der Waals surface area (Å²) in [4.78, 5) is 31.2. The first kappa shape index (κ1) is 15.1. The predicted molar refractivity (Wildman–Crippen MR) is 77.8 cm³/mol. The summed E-state index contributed by atoms with van der Waals surface area (Å²) < 4.78 is 0. The second kappa shape index (κ2) is 5.74. The molecule has 4 rings (SSSR count). The number of nitrogens with one attached hydrogen (secondary N) is 2. The molecule has 1 aliphatic heterocycles. The van der Waals surface area contributed by atoms with E-state index in [2.05, 4.69) is 21.4 Å². The van der Waals surface area contributed by atoms with Crippen LogP contribution in [0.5, 0.6) is 0 Å². The van der Waals surface area contributed by atoms with E-state index in [1.807, 2.05) is 6.07 Å². The summed E-state index contributed by atoms with van der Waals surface area (Å²) in [7, 11) is 0. The van der Waals surface area contributed by atoms with Gasteiger partial charge >= 0.3 is 0 Å². The molecule has 0 saturated carbocycles. The molecule has 6 heteroatoms. The quantitative estimate of drug-likeness (QED) is 0.644. The third kappa shape index (κ3) is 2.30. The second-order valence-corrected chi connectivity index (χ2v) is 4.86. The Balaban J connectivity index is 0.00000144. The monoisotopic (exact) mass is 365 g/mol. The van der Waals surface area contributed by atoms with Crippen molar-refractivity contribution in [2.24, 2.45) is 0 Å². The molecule has 1 aliphatic rings. The Bertz CT molecular complexity index is 950. The van der Waals surface area contributed by atoms with Crippen LogP contribution in [0.15, 0.2) is 41.2 Å². The number of hydrogen-bond donors (Lipinski definition) is 2. The van der Waals surface area contributed by atoms with E-state index in [0.29, 0.717) is 34.4 Å². The molecule has 3 aromatic rings. The largest absolute Gasteiger partial charge is 0.372 e. The summed E-state index contributed by atoms with van der Waals surface area (Å²) in [5.74, 6) is -0.115. The van der Waals surface area contributed by atoms with Crippen LogP contribution in [0.4, 0.5) is 0 Å². The minimum atomic E-state index is -0.269. The Hall–Kier alpha value is -1.85. The average Bonchev–Trinajstić information content (AvgIpc) is 2.88. The van der Waals surface area contributed by atoms with Crippen LogP contribution < -0.4 is 10.9 Å². The first-order valence-electron chi connectivity index (χ1n) is 6.55. The first-order valence-corrected chi connectivity index (χ1v) is 6.55. The third-order valence-corrected chi connectivity index (χ3v) is 3.62. The molecule has 1 amide bonds. The number of aromatic amines is 1. The summed E-state index contributed by atoms with van der Waals surface area (Å²) in [6.45, 7) is 0.419. The zero-order valence-corrected chi connectivity index (χ0v) is 14.4. The summed E-state index contributed by atoms with van der Waals surface area (Å²) in [6.07, 6.45) is 0. The Labute approximate surface area is 151 Å². The molecule has 2 aromatic carbocycles. The van der Waals surface area contributed by atoms with Gasteiger partial charge in [-0.05, 0) is 22.7 Å². The summed E-state index contributed by atoms with van der Waals surface area (Å²) in [5.41, 5.74) is 3.40. The van der Waals surface area contributed by atoms with E-state index < -0.39 is 0 Å². The molecule has 0 fully saturated rings. The van der Waals surface area contributed by atoms with Crippen LogP contribution in [0.25, 0.3) is 22.3 Å². The first-order chi connectivity index (χ1) is 10.2. The van der Waals surface area contributed by atoms with Crippen LogP contribution in [-0.2, 0) is 39.3 Å².